The molecule has 0 spiro atoms. The largest absolute Gasteiger partial charge is 0.366 e. The van der Waals surface area contributed by atoms with E-state index in [1.807, 2.05) is 4.90 Å². The molecule has 5 nitrogen and oxygen atoms in total. The smallest absolute Gasteiger partial charge is 0.252 e. The number of amides is 2. The van der Waals surface area contributed by atoms with Crippen molar-refractivity contribution in [2.24, 2.45) is 0 Å². The van der Waals surface area contributed by atoms with Crippen LogP contribution in [0.25, 0.3) is 0 Å². The van der Waals surface area contributed by atoms with Crippen LogP contribution in [0.3, 0.4) is 0 Å². The van der Waals surface area contributed by atoms with Gasteiger partial charge in [-0.15, -0.1) is 0 Å². The highest BCUT2D eigenvalue weighted by Gasteiger charge is 2.35. The Hall–Kier alpha value is -1.59. The van der Waals surface area contributed by atoms with Crippen molar-refractivity contribution in [1.29, 1.82) is 0 Å². The predicted molar refractivity (Wildman–Crippen MR) is 93.0 cm³/mol. The summed E-state index contributed by atoms with van der Waals surface area (Å²) in [5, 5.41) is 3.40. The number of rotatable bonds is 4. The molecule has 2 fully saturated rings. The van der Waals surface area contributed by atoms with E-state index in [9.17, 15) is 9.59 Å². The van der Waals surface area contributed by atoms with Crippen molar-refractivity contribution in [2.45, 2.75) is 50.7 Å². The van der Waals surface area contributed by atoms with Gasteiger partial charge in [-0.25, -0.2) is 0 Å². The van der Waals surface area contributed by atoms with Crippen molar-refractivity contribution in [3.8, 4) is 0 Å². The van der Waals surface area contributed by atoms with Crippen LogP contribution < -0.4 is 5.32 Å². The van der Waals surface area contributed by atoms with Gasteiger partial charge in [0, 0.05) is 23.3 Å². The number of morpholine rings is 1. The third-order valence-corrected chi connectivity index (χ3v) is 4.98. The van der Waals surface area contributed by atoms with Crippen LogP contribution in [0, 0.1) is 0 Å². The molecule has 3 rings (SSSR count). The Labute approximate surface area is 147 Å². The second-order valence-electron chi connectivity index (χ2n) is 6.44. The lowest BCUT2D eigenvalue weighted by molar-refractivity contribution is -0.159. The Morgan fingerprint density at radius 3 is 2.62 bits per heavy atom. The van der Waals surface area contributed by atoms with Gasteiger partial charge in [0.15, 0.2) is 0 Å². The number of hydrogen-bond acceptors (Lipinski definition) is 3. The zero-order chi connectivity index (χ0) is 16.9. The molecule has 1 N–H and O–H groups in total. The van der Waals surface area contributed by atoms with Crippen LogP contribution in [0.4, 0.5) is 5.69 Å². The molecule has 2 amide bonds. The summed E-state index contributed by atoms with van der Waals surface area (Å²) < 4.78 is 5.57. The fraction of sp³-hybridized carbons (Fsp3) is 0.556. The van der Waals surface area contributed by atoms with Crippen LogP contribution in [-0.2, 0) is 14.3 Å². The summed E-state index contributed by atoms with van der Waals surface area (Å²) in [6.45, 7) is 1.14. The first-order valence-electron chi connectivity index (χ1n) is 8.61. The fourth-order valence-corrected chi connectivity index (χ4v) is 3.60. The average molecular weight is 351 g/mol. The molecule has 1 saturated carbocycles. The van der Waals surface area contributed by atoms with Gasteiger partial charge in [0.1, 0.15) is 6.10 Å². The van der Waals surface area contributed by atoms with Crippen molar-refractivity contribution >= 4 is 29.1 Å². The average Bonchev–Trinajstić information content (AvgIpc) is 2.59. The summed E-state index contributed by atoms with van der Waals surface area (Å²) in [7, 11) is 0. The lowest BCUT2D eigenvalue weighted by Crippen LogP contribution is -2.53. The van der Waals surface area contributed by atoms with Crippen molar-refractivity contribution in [3.05, 3.63) is 29.3 Å². The van der Waals surface area contributed by atoms with Crippen LogP contribution in [-0.4, -0.2) is 42.0 Å². The fourth-order valence-electron chi connectivity index (χ4n) is 3.47. The molecule has 2 aliphatic rings. The van der Waals surface area contributed by atoms with Crippen LogP contribution in [0.5, 0.6) is 0 Å². The van der Waals surface area contributed by atoms with Gasteiger partial charge in [-0.3, -0.25) is 9.59 Å². The molecule has 0 aromatic heterocycles. The summed E-state index contributed by atoms with van der Waals surface area (Å²) in [4.78, 5) is 26.8. The topological polar surface area (TPSA) is 58.6 Å². The zero-order valence-corrected chi connectivity index (χ0v) is 14.4. The van der Waals surface area contributed by atoms with E-state index in [1.165, 1.54) is 19.3 Å². The van der Waals surface area contributed by atoms with Gasteiger partial charge in [-0.05, 0) is 37.1 Å². The summed E-state index contributed by atoms with van der Waals surface area (Å²) in [6.07, 6.45) is 5.11. The molecule has 0 bridgehead atoms. The summed E-state index contributed by atoms with van der Waals surface area (Å²) in [5.74, 6) is -0.263. The molecule has 1 aliphatic heterocycles. The number of carbonyl (C=O) groups excluding carboxylic acids is 2. The molecule has 1 aliphatic carbocycles. The number of anilines is 1. The standard InChI is InChI=1S/C18H23ClN2O3/c19-13-6-8-14(9-7-13)20-17(22)12-16-18(23)21(10-11-24-16)15-4-2-1-3-5-15/h6-9,15-16H,1-5,10-12H2,(H,20,22). The number of nitrogens with one attached hydrogen (secondary N) is 1. The van der Waals surface area contributed by atoms with Crippen LogP contribution in [0.15, 0.2) is 24.3 Å². The van der Waals surface area contributed by atoms with Crippen LogP contribution in [0.1, 0.15) is 38.5 Å². The van der Waals surface area contributed by atoms with E-state index in [-0.39, 0.29) is 18.2 Å². The molecule has 1 saturated heterocycles. The molecule has 1 heterocycles. The number of halogens is 1. The van der Waals surface area contributed by atoms with E-state index in [0.29, 0.717) is 29.9 Å². The highest BCUT2D eigenvalue weighted by molar-refractivity contribution is 6.30. The summed E-state index contributed by atoms with van der Waals surface area (Å²) in [5.41, 5.74) is 0.664. The number of benzene rings is 1. The van der Waals surface area contributed by atoms with E-state index >= 15 is 0 Å². The Kier molecular flexibility index (Phi) is 5.74. The highest BCUT2D eigenvalue weighted by atomic mass is 35.5. The first-order valence-corrected chi connectivity index (χ1v) is 8.99. The Morgan fingerprint density at radius 2 is 1.92 bits per heavy atom. The van der Waals surface area contributed by atoms with Gasteiger partial charge in [-0.1, -0.05) is 30.9 Å². The predicted octanol–water partition coefficient (Wildman–Crippen LogP) is 3.23. The van der Waals surface area contributed by atoms with Crippen molar-refractivity contribution in [3.63, 3.8) is 0 Å². The molecule has 1 aromatic carbocycles. The first-order chi connectivity index (χ1) is 11.6. The highest BCUT2D eigenvalue weighted by Crippen LogP contribution is 2.25. The maximum Gasteiger partial charge on any atom is 0.252 e. The SMILES string of the molecule is O=C(CC1OCCN(C2CCCCC2)C1=O)Nc1ccc(Cl)cc1. The van der Waals surface area contributed by atoms with Gasteiger partial charge >= 0.3 is 0 Å². The van der Waals surface area contributed by atoms with Gasteiger partial charge in [0.25, 0.3) is 5.91 Å². The minimum absolute atomic E-state index is 0.0422. The number of hydrogen-bond donors (Lipinski definition) is 1. The van der Waals surface area contributed by atoms with Gasteiger partial charge in [-0.2, -0.15) is 0 Å². The van der Waals surface area contributed by atoms with Crippen LogP contribution in [0.2, 0.25) is 5.02 Å². The minimum Gasteiger partial charge on any atom is -0.366 e. The minimum atomic E-state index is -0.673. The van der Waals surface area contributed by atoms with Crippen molar-refractivity contribution < 1.29 is 14.3 Å². The van der Waals surface area contributed by atoms with Gasteiger partial charge < -0.3 is 15.0 Å². The Morgan fingerprint density at radius 1 is 1.21 bits per heavy atom. The van der Waals surface area contributed by atoms with Crippen LogP contribution >= 0.6 is 11.6 Å². The number of ether oxygens (including phenoxy) is 1. The number of carbonyl (C=O) groups is 2. The van der Waals surface area contributed by atoms with Crippen molar-refractivity contribution in [1.82, 2.24) is 4.90 Å². The summed E-state index contributed by atoms with van der Waals surface area (Å²) >= 11 is 5.83. The quantitative estimate of drug-likeness (QED) is 0.907. The van der Waals surface area contributed by atoms with E-state index in [1.54, 1.807) is 24.3 Å². The second-order valence-corrected chi connectivity index (χ2v) is 6.88. The number of nitrogens with zero attached hydrogens (tertiary/aromatic N) is 1. The molecule has 1 unspecified atom stereocenters. The Bertz CT molecular complexity index is 584. The zero-order valence-electron chi connectivity index (χ0n) is 13.7. The molecular weight excluding hydrogens is 328 g/mol. The van der Waals surface area contributed by atoms with E-state index in [2.05, 4.69) is 5.32 Å². The molecule has 6 heteroatoms. The lowest BCUT2D eigenvalue weighted by atomic mass is 9.93. The maximum atomic E-state index is 12.7. The normalized spacial score (nSPS) is 22.5. The van der Waals surface area contributed by atoms with E-state index in [0.717, 1.165) is 12.8 Å². The molecule has 1 aromatic rings. The summed E-state index contributed by atoms with van der Waals surface area (Å²) in [6, 6.07) is 7.21. The van der Waals surface area contributed by atoms with E-state index < -0.39 is 6.10 Å². The lowest BCUT2D eigenvalue weighted by Gasteiger charge is -2.39. The molecule has 0 radical (unpaired) electrons. The first kappa shape index (κ1) is 17.2. The van der Waals surface area contributed by atoms with E-state index in [4.69, 9.17) is 16.3 Å². The molecular formula is C18H23ClN2O3. The maximum absolute atomic E-state index is 12.7. The molecule has 1 atom stereocenters. The van der Waals surface area contributed by atoms with Gasteiger partial charge in [0.05, 0.1) is 13.0 Å². The molecule has 24 heavy (non-hydrogen) atoms. The third kappa shape index (κ3) is 4.28. The Balaban J connectivity index is 1.56. The third-order valence-electron chi connectivity index (χ3n) is 4.72. The second kappa shape index (κ2) is 7.99. The van der Waals surface area contributed by atoms with Crippen molar-refractivity contribution in [2.75, 3.05) is 18.5 Å². The monoisotopic (exact) mass is 350 g/mol. The molecule has 130 valence electrons. The van der Waals surface area contributed by atoms with Gasteiger partial charge in [0.2, 0.25) is 5.91 Å².